The van der Waals surface area contributed by atoms with Gasteiger partial charge < -0.3 is 14.8 Å². The monoisotopic (exact) mass is 327 g/mol. The maximum Gasteiger partial charge on any atom is 0.216 e. The Morgan fingerprint density at radius 2 is 2.00 bits per heavy atom. The Morgan fingerprint density at radius 3 is 2.75 bits per heavy atom. The minimum absolute atomic E-state index is 0.0430. The smallest absolute Gasteiger partial charge is 0.216 e. The average Bonchev–Trinajstić information content (AvgIpc) is 2.62. The lowest BCUT2D eigenvalue weighted by molar-refractivity contribution is 0.153. The Labute approximate surface area is 140 Å². The molecule has 1 aromatic heterocycles. The first-order valence-electron chi connectivity index (χ1n) is 7.90. The topological polar surface area (TPSA) is 67.2 Å². The van der Waals surface area contributed by atoms with Crippen LogP contribution in [0.4, 0.5) is 4.39 Å². The molecule has 24 heavy (non-hydrogen) atoms. The average molecular weight is 327 g/mol. The molecule has 5 nitrogen and oxygen atoms in total. The van der Waals surface area contributed by atoms with Gasteiger partial charge in [0.25, 0.3) is 0 Å². The summed E-state index contributed by atoms with van der Waals surface area (Å²) in [5.74, 6) is 0.432. The minimum Gasteiger partial charge on any atom is -0.474 e. The van der Waals surface area contributed by atoms with E-state index in [2.05, 4.69) is 10.3 Å². The molecule has 2 aromatic rings. The molecule has 0 radical (unpaired) electrons. The molecular weight excluding hydrogens is 309 g/mol. The number of piperidine rings is 1. The van der Waals surface area contributed by atoms with Gasteiger partial charge in [-0.15, -0.1) is 0 Å². The summed E-state index contributed by atoms with van der Waals surface area (Å²) >= 11 is 0. The predicted octanol–water partition coefficient (Wildman–Crippen LogP) is 2.80. The van der Waals surface area contributed by atoms with Crippen LogP contribution in [0, 0.1) is 17.1 Å². The van der Waals surface area contributed by atoms with Crippen molar-refractivity contribution in [1.29, 1.82) is 5.26 Å². The summed E-state index contributed by atoms with van der Waals surface area (Å²) in [5, 5.41) is 12.0. The van der Waals surface area contributed by atoms with E-state index in [0.717, 1.165) is 25.9 Å². The van der Waals surface area contributed by atoms with Crippen molar-refractivity contribution in [1.82, 2.24) is 10.3 Å². The third kappa shape index (κ3) is 4.21. The van der Waals surface area contributed by atoms with E-state index >= 15 is 0 Å². The first kappa shape index (κ1) is 16.2. The Balaban J connectivity index is 1.61. The lowest BCUT2D eigenvalue weighted by Crippen LogP contribution is -2.34. The van der Waals surface area contributed by atoms with Gasteiger partial charge in [-0.1, -0.05) is 12.1 Å². The molecule has 1 saturated heterocycles. The molecule has 2 heterocycles. The van der Waals surface area contributed by atoms with Crippen LogP contribution in [-0.2, 0) is 6.61 Å². The van der Waals surface area contributed by atoms with Gasteiger partial charge >= 0.3 is 0 Å². The summed E-state index contributed by atoms with van der Waals surface area (Å²) in [6.07, 6.45) is 2.05. The number of halogens is 1. The van der Waals surface area contributed by atoms with Gasteiger partial charge in [0.1, 0.15) is 18.5 Å². The normalized spacial score (nSPS) is 14.8. The lowest BCUT2D eigenvalue weighted by Gasteiger charge is -2.23. The van der Waals surface area contributed by atoms with E-state index in [1.54, 1.807) is 30.3 Å². The third-order valence-corrected chi connectivity index (χ3v) is 3.83. The van der Waals surface area contributed by atoms with Crippen molar-refractivity contribution in [2.45, 2.75) is 25.6 Å². The molecule has 1 aromatic carbocycles. The SMILES string of the molecule is N#Cc1ccc(COc2cccc(OC3CCNCC3)n2)c(F)c1. The second kappa shape index (κ2) is 7.75. The molecule has 0 unspecified atom stereocenters. The highest BCUT2D eigenvalue weighted by Gasteiger charge is 2.15. The van der Waals surface area contributed by atoms with Crippen molar-refractivity contribution in [2.75, 3.05) is 13.1 Å². The summed E-state index contributed by atoms with van der Waals surface area (Å²) in [6.45, 7) is 1.93. The zero-order valence-electron chi connectivity index (χ0n) is 13.2. The van der Waals surface area contributed by atoms with Gasteiger partial charge in [-0.2, -0.15) is 10.2 Å². The van der Waals surface area contributed by atoms with Crippen LogP contribution in [0.5, 0.6) is 11.8 Å². The first-order chi connectivity index (χ1) is 11.7. The summed E-state index contributed by atoms with van der Waals surface area (Å²) in [6, 6.07) is 11.5. The van der Waals surface area contributed by atoms with E-state index in [4.69, 9.17) is 14.7 Å². The molecule has 0 atom stereocenters. The van der Waals surface area contributed by atoms with Crippen LogP contribution < -0.4 is 14.8 Å². The molecule has 1 aliphatic heterocycles. The molecule has 0 spiro atoms. The number of nitrogens with one attached hydrogen (secondary N) is 1. The van der Waals surface area contributed by atoms with Gasteiger partial charge in [0.15, 0.2) is 0 Å². The van der Waals surface area contributed by atoms with Gasteiger partial charge in [0.05, 0.1) is 11.6 Å². The zero-order chi connectivity index (χ0) is 16.8. The van der Waals surface area contributed by atoms with Crippen molar-refractivity contribution in [3.05, 3.63) is 53.3 Å². The largest absolute Gasteiger partial charge is 0.474 e. The highest BCUT2D eigenvalue weighted by molar-refractivity contribution is 5.32. The maximum atomic E-state index is 13.8. The van der Waals surface area contributed by atoms with Gasteiger partial charge in [-0.3, -0.25) is 0 Å². The Bertz CT molecular complexity index is 739. The fourth-order valence-corrected chi connectivity index (χ4v) is 2.51. The van der Waals surface area contributed by atoms with E-state index in [0.29, 0.717) is 17.3 Å². The quantitative estimate of drug-likeness (QED) is 0.914. The summed E-state index contributed by atoms with van der Waals surface area (Å²) in [5.41, 5.74) is 0.659. The molecule has 124 valence electrons. The third-order valence-electron chi connectivity index (χ3n) is 3.83. The van der Waals surface area contributed by atoms with E-state index in [1.165, 1.54) is 6.07 Å². The molecule has 6 heteroatoms. The number of nitrogens with zero attached hydrogens (tertiary/aromatic N) is 2. The molecule has 0 bridgehead atoms. The number of benzene rings is 1. The molecule has 0 saturated carbocycles. The maximum absolute atomic E-state index is 13.8. The minimum atomic E-state index is -0.462. The van der Waals surface area contributed by atoms with Gasteiger partial charge in [-0.25, -0.2) is 4.39 Å². The lowest BCUT2D eigenvalue weighted by atomic mass is 10.1. The number of aromatic nitrogens is 1. The standard InChI is InChI=1S/C18H18FN3O2/c19-16-10-13(11-20)4-5-14(16)12-23-17-2-1-3-18(22-17)24-15-6-8-21-9-7-15/h1-5,10,15,21H,6-9,12H2. The van der Waals surface area contributed by atoms with Gasteiger partial charge in [0, 0.05) is 17.7 Å². The second-order valence-electron chi connectivity index (χ2n) is 5.59. The van der Waals surface area contributed by atoms with Crippen molar-refractivity contribution in [2.24, 2.45) is 0 Å². The van der Waals surface area contributed by atoms with Crippen LogP contribution >= 0.6 is 0 Å². The van der Waals surface area contributed by atoms with E-state index in [1.807, 2.05) is 6.07 Å². The van der Waals surface area contributed by atoms with E-state index in [9.17, 15) is 4.39 Å². The highest BCUT2D eigenvalue weighted by atomic mass is 19.1. The number of rotatable bonds is 5. The van der Waals surface area contributed by atoms with Crippen LogP contribution in [0.25, 0.3) is 0 Å². The van der Waals surface area contributed by atoms with Crippen LogP contribution in [-0.4, -0.2) is 24.2 Å². The van der Waals surface area contributed by atoms with E-state index in [-0.39, 0.29) is 18.3 Å². The van der Waals surface area contributed by atoms with Gasteiger partial charge in [-0.05, 0) is 38.1 Å². The van der Waals surface area contributed by atoms with E-state index < -0.39 is 5.82 Å². The Morgan fingerprint density at radius 1 is 1.21 bits per heavy atom. The summed E-state index contributed by atoms with van der Waals surface area (Å²) in [7, 11) is 0. The number of hydrogen-bond acceptors (Lipinski definition) is 5. The fraction of sp³-hybridized carbons (Fsp3) is 0.333. The number of nitriles is 1. The van der Waals surface area contributed by atoms with Crippen molar-refractivity contribution < 1.29 is 13.9 Å². The molecule has 0 aliphatic carbocycles. The molecule has 1 N–H and O–H groups in total. The Hall–Kier alpha value is -2.65. The van der Waals surface area contributed by atoms with Crippen molar-refractivity contribution >= 4 is 0 Å². The van der Waals surface area contributed by atoms with Gasteiger partial charge in [0.2, 0.25) is 11.8 Å². The van der Waals surface area contributed by atoms with Crippen LogP contribution in [0.3, 0.4) is 0 Å². The molecule has 1 fully saturated rings. The molecule has 1 aliphatic rings. The highest BCUT2D eigenvalue weighted by Crippen LogP contribution is 2.19. The fourth-order valence-electron chi connectivity index (χ4n) is 2.51. The summed E-state index contributed by atoms with van der Waals surface area (Å²) < 4.78 is 25.3. The van der Waals surface area contributed by atoms with Crippen molar-refractivity contribution in [3.8, 4) is 17.8 Å². The predicted molar refractivity (Wildman–Crippen MR) is 86.2 cm³/mol. The number of ether oxygens (including phenoxy) is 2. The molecular formula is C18H18FN3O2. The van der Waals surface area contributed by atoms with Crippen LogP contribution in [0.2, 0.25) is 0 Å². The first-order valence-corrected chi connectivity index (χ1v) is 7.90. The van der Waals surface area contributed by atoms with Crippen molar-refractivity contribution in [3.63, 3.8) is 0 Å². The Kier molecular flexibility index (Phi) is 5.24. The summed E-state index contributed by atoms with van der Waals surface area (Å²) in [4.78, 5) is 4.31. The second-order valence-corrected chi connectivity index (χ2v) is 5.59. The number of hydrogen-bond donors (Lipinski definition) is 1. The van der Waals surface area contributed by atoms with Crippen LogP contribution in [0.15, 0.2) is 36.4 Å². The van der Waals surface area contributed by atoms with Crippen LogP contribution in [0.1, 0.15) is 24.0 Å². The number of pyridine rings is 1. The molecule has 0 amide bonds. The molecule has 3 rings (SSSR count). The zero-order valence-corrected chi connectivity index (χ0v) is 13.2.